The molecule has 0 spiro atoms. The largest absolute Gasteiger partial charge is 0.349 e. The highest BCUT2D eigenvalue weighted by Gasteiger charge is 2.13. The average molecular weight is 308 g/mol. The van der Waals surface area contributed by atoms with Crippen molar-refractivity contribution in [2.45, 2.75) is 45.6 Å². The number of amides is 2. The lowest BCUT2D eigenvalue weighted by atomic mass is 10.0. The number of nitrogens with two attached hydrogens (primary N) is 1. The number of rotatable bonds is 8. The van der Waals surface area contributed by atoms with Gasteiger partial charge >= 0.3 is 0 Å². The van der Waals surface area contributed by atoms with Crippen molar-refractivity contribution in [1.82, 2.24) is 9.80 Å². The highest BCUT2D eigenvalue weighted by molar-refractivity contribution is 5.85. The van der Waals surface area contributed by atoms with E-state index in [9.17, 15) is 9.59 Å². The van der Waals surface area contributed by atoms with Crippen molar-refractivity contribution in [3.05, 3.63) is 0 Å². The van der Waals surface area contributed by atoms with Crippen LogP contribution < -0.4 is 5.73 Å². The van der Waals surface area contributed by atoms with Crippen molar-refractivity contribution in [2.24, 2.45) is 11.7 Å². The summed E-state index contributed by atoms with van der Waals surface area (Å²) in [5.74, 6) is 0.584. The normalized spacial score (nSPS) is 11.8. The SMILES string of the molecule is CC(C)C(N)CCN(C)C(=O)CCCC(=O)N(C)C.Cl. The van der Waals surface area contributed by atoms with Crippen LogP contribution in [0, 0.1) is 5.92 Å². The summed E-state index contributed by atoms with van der Waals surface area (Å²) >= 11 is 0. The van der Waals surface area contributed by atoms with Crippen LogP contribution in [0.25, 0.3) is 0 Å². The Morgan fingerprint density at radius 1 is 1.05 bits per heavy atom. The van der Waals surface area contributed by atoms with Crippen molar-refractivity contribution in [1.29, 1.82) is 0 Å². The Morgan fingerprint density at radius 2 is 1.55 bits per heavy atom. The summed E-state index contributed by atoms with van der Waals surface area (Å²) in [5.41, 5.74) is 5.95. The summed E-state index contributed by atoms with van der Waals surface area (Å²) in [6.45, 7) is 4.85. The van der Waals surface area contributed by atoms with Gasteiger partial charge in [-0.3, -0.25) is 9.59 Å². The molecule has 1 unspecified atom stereocenters. The second-order valence-electron chi connectivity index (χ2n) is 5.65. The molecular formula is C14H30ClN3O2. The zero-order valence-electron chi connectivity index (χ0n) is 13.4. The quantitative estimate of drug-likeness (QED) is 0.739. The van der Waals surface area contributed by atoms with Gasteiger partial charge < -0.3 is 15.5 Å². The number of nitrogens with zero attached hydrogens (tertiary/aromatic N) is 2. The number of carbonyl (C=O) groups excluding carboxylic acids is 2. The molecule has 120 valence electrons. The van der Waals surface area contributed by atoms with Crippen molar-refractivity contribution in [2.75, 3.05) is 27.7 Å². The fourth-order valence-electron chi connectivity index (χ4n) is 1.61. The summed E-state index contributed by atoms with van der Waals surface area (Å²) in [6.07, 6.45) is 2.28. The molecule has 0 aliphatic rings. The Labute approximate surface area is 129 Å². The third-order valence-corrected chi connectivity index (χ3v) is 3.36. The molecule has 20 heavy (non-hydrogen) atoms. The maximum absolute atomic E-state index is 11.8. The summed E-state index contributed by atoms with van der Waals surface area (Å²) < 4.78 is 0. The third-order valence-electron chi connectivity index (χ3n) is 3.36. The van der Waals surface area contributed by atoms with Crippen LogP contribution in [0.4, 0.5) is 0 Å². The van der Waals surface area contributed by atoms with Gasteiger partial charge in [-0.15, -0.1) is 12.4 Å². The maximum atomic E-state index is 11.8. The Hall–Kier alpha value is -0.810. The first-order valence-corrected chi connectivity index (χ1v) is 6.95. The molecule has 2 amide bonds. The average Bonchev–Trinajstić information content (AvgIpc) is 2.34. The molecule has 0 saturated carbocycles. The highest BCUT2D eigenvalue weighted by atomic mass is 35.5. The van der Waals surface area contributed by atoms with Crippen LogP contribution in [-0.4, -0.2) is 55.3 Å². The monoisotopic (exact) mass is 307 g/mol. The van der Waals surface area contributed by atoms with E-state index in [1.165, 1.54) is 0 Å². The molecule has 0 aliphatic carbocycles. The van der Waals surface area contributed by atoms with E-state index in [4.69, 9.17) is 5.73 Å². The Balaban J connectivity index is 0. The minimum Gasteiger partial charge on any atom is -0.349 e. The second kappa shape index (κ2) is 10.9. The Bertz CT molecular complexity index is 296. The van der Waals surface area contributed by atoms with Crippen molar-refractivity contribution < 1.29 is 9.59 Å². The van der Waals surface area contributed by atoms with Crippen molar-refractivity contribution in [3.63, 3.8) is 0 Å². The van der Waals surface area contributed by atoms with Crippen LogP contribution in [0.2, 0.25) is 0 Å². The van der Waals surface area contributed by atoms with Gasteiger partial charge in [0.2, 0.25) is 11.8 Å². The summed E-state index contributed by atoms with van der Waals surface area (Å²) in [4.78, 5) is 26.5. The Kier molecular flexibility index (Phi) is 11.7. The molecule has 0 fully saturated rings. The van der Waals surface area contributed by atoms with Gasteiger partial charge in [0, 0.05) is 46.6 Å². The summed E-state index contributed by atoms with van der Waals surface area (Å²) in [7, 11) is 5.25. The molecule has 0 rings (SSSR count). The van der Waals surface area contributed by atoms with Crippen LogP contribution in [0.5, 0.6) is 0 Å². The van der Waals surface area contributed by atoms with E-state index in [-0.39, 0.29) is 30.3 Å². The Morgan fingerprint density at radius 3 is 2.00 bits per heavy atom. The molecule has 6 heteroatoms. The number of hydrogen-bond donors (Lipinski definition) is 1. The van der Waals surface area contributed by atoms with Crippen molar-refractivity contribution in [3.8, 4) is 0 Å². The van der Waals surface area contributed by atoms with Crippen LogP contribution in [0.1, 0.15) is 39.5 Å². The minimum atomic E-state index is 0. The lowest BCUT2D eigenvalue weighted by Crippen LogP contribution is -2.34. The van der Waals surface area contributed by atoms with E-state index in [2.05, 4.69) is 13.8 Å². The van der Waals surface area contributed by atoms with Crippen molar-refractivity contribution >= 4 is 24.2 Å². The van der Waals surface area contributed by atoms with Gasteiger partial charge in [-0.2, -0.15) is 0 Å². The van der Waals surface area contributed by atoms with E-state index in [1.54, 1.807) is 30.9 Å². The first-order valence-electron chi connectivity index (χ1n) is 6.95. The van der Waals surface area contributed by atoms with Gasteiger partial charge in [0.25, 0.3) is 0 Å². The fourth-order valence-corrected chi connectivity index (χ4v) is 1.61. The standard InChI is InChI=1S/C14H29N3O2.ClH/c1-11(2)12(15)9-10-17(5)14(19)8-6-7-13(18)16(3)4;/h11-12H,6-10,15H2,1-5H3;1H. The summed E-state index contributed by atoms with van der Waals surface area (Å²) in [5, 5.41) is 0. The molecule has 0 bridgehead atoms. The summed E-state index contributed by atoms with van der Waals surface area (Å²) in [6, 6.07) is 0.130. The van der Waals surface area contributed by atoms with Crippen LogP contribution >= 0.6 is 12.4 Å². The van der Waals surface area contributed by atoms with Crippen LogP contribution in [0.15, 0.2) is 0 Å². The molecule has 0 aromatic rings. The number of carbonyl (C=O) groups is 2. The van der Waals surface area contributed by atoms with E-state index in [0.717, 1.165) is 6.42 Å². The fraction of sp³-hybridized carbons (Fsp3) is 0.857. The first-order chi connectivity index (χ1) is 8.75. The highest BCUT2D eigenvalue weighted by Crippen LogP contribution is 2.06. The molecular weight excluding hydrogens is 278 g/mol. The molecule has 0 aromatic heterocycles. The number of hydrogen-bond acceptors (Lipinski definition) is 3. The lowest BCUT2D eigenvalue weighted by molar-refractivity contribution is -0.131. The van der Waals surface area contributed by atoms with Gasteiger partial charge in [0.15, 0.2) is 0 Å². The smallest absolute Gasteiger partial charge is 0.222 e. The zero-order valence-corrected chi connectivity index (χ0v) is 14.2. The van der Waals surface area contributed by atoms with Gasteiger partial charge in [-0.05, 0) is 18.8 Å². The van der Waals surface area contributed by atoms with Gasteiger partial charge in [0.05, 0.1) is 0 Å². The van der Waals surface area contributed by atoms with Gasteiger partial charge in [-0.25, -0.2) is 0 Å². The van der Waals surface area contributed by atoms with E-state index < -0.39 is 0 Å². The predicted octanol–water partition coefficient (Wildman–Crippen LogP) is 1.50. The topological polar surface area (TPSA) is 66.6 Å². The molecule has 5 nitrogen and oxygen atoms in total. The molecule has 0 saturated heterocycles. The molecule has 0 aliphatic heterocycles. The molecule has 0 radical (unpaired) electrons. The second-order valence-corrected chi connectivity index (χ2v) is 5.65. The minimum absolute atomic E-state index is 0. The first kappa shape index (κ1) is 21.5. The number of halogens is 1. The molecule has 0 heterocycles. The molecule has 2 N–H and O–H groups in total. The lowest BCUT2D eigenvalue weighted by Gasteiger charge is -2.21. The van der Waals surface area contributed by atoms with E-state index >= 15 is 0 Å². The van der Waals surface area contributed by atoms with E-state index in [1.807, 2.05) is 0 Å². The van der Waals surface area contributed by atoms with Crippen LogP contribution in [-0.2, 0) is 9.59 Å². The van der Waals surface area contributed by atoms with E-state index in [0.29, 0.717) is 31.7 Å². The molecule has 0 aromatic carbocycles. The van der Waals surface area contributed by atoms with Crippen LogP contribution in [0.3, 0.4) is 0 Å². The maximum Gasteiger partial charge on any atom is 0.222 e. The zero-order chi connectivity index (χ0) is 15.0. The third kappa shape index (κ3) is 9.15. The van der Waals surface area contributed by atoms with Gasteiger partial charge in [0.1, 0.15) is 0 Å². The molecule has 1 atom stereocenters. The van der Waals surface area contributed by atoms with Gasteiger partial charge in [-0.1, -0.05) is 13.8 Å². The predicted molar refractivity (Wildman–Crippen MR) is 84.9 cm³/mol.